The first-order chi connectivity index (χ1) is 7.40. The second-order valence-electron chi connectivity index (χ2n) is 4.95. The number of nitrogens with zero attached hydrogens (tertiary/aromatic N) is 1. The zero-order valence-corrected chi connectivity index (χ0v) is 10.7. The lowest BCUT2D eigenvalue weighted by Gasteiger charge is -2.25. The Bertz CT molecular complexity index is 426. The zero-order valence-electron chi connectivity index (χ0n) is 10.7. The maximum atomic E-state index is 10.5. The van der Waals surface area contributed by atoms with Gasteiger partial charge in [-0.1, -0.05) is 32.0 Å². The van der Waals surface area contributed by atoms with E-state index < -0.39 is 5.54 Å². The monoisotopic (exact) mass is 217 g/mol. The molecule has 16 heavy (non-hydrogen) atoms. The molecule has 1 aromatic carbocycles. The van der Waals surface area contributed by atoms with Crippen LogP contribution in [0, 0.1) is 6.92 Å². The minimum atomic E-state index is -0.493. The van der Waals surface area contributed by atoms with E-state index in [1.165, 1.54) is 11.1 Å². The molecule has 86 valence electrons. The minimum Gasteiger partial charge on any atom is -0.211 e. The molecule has 0 fully saturated rings. The van der Waals surface area contributed by atoms with Gasteiger partial charge in [-0.05, 0) is 43.4 Å². The lowest BCUT2D eigenvalue weighted by atomic mass is 9.83. The molecule has 2 nitrogen and oxygen atoms in total. The van der Waals surface area contributed by atoms with Crippen molar-refractivity contribution in [2.45, 2.75) is 46.1 Å². The Hall–Kier alpha value is -1.40. The Morgan fingerprint density at radius 1 is 1.31 bits per heavy atom. The van der Waals surface area contributed by atoms with E-state index in [-0.39, 0.29) is 0 Å². The Balaban J connectivity index is 3.44. The fourth-order valence-electron chi connectivity index (χ4n) is 2.15. The third kappa shape index (κ3) is 2.40. The molecule has 0 bridgehead atoms. The van der Waals surface area contributed by atoms with Gasteiger partial charge in [0.2, 0.25) is 6.08 Å². The van der Waals surface area contributed by atoms with E-state index in [1.54, 1.807) is 6.08 Å². The molecule has 1 rings (SSSR count). The highest BCUT2D eigenvalue weighted by atomic mass is 16.1. The van der Waals surface area contributed by atoms with Crippen molar-refractivity contribution in [3.05, 3.63) is 34.9 Å². The van der Waals surface area contributed by atoms with Gasteiger partial charge in [-0.3, -0.25) is 0 Å². The molecular weight excluding hydrogens is 198 g/mol. The van der Waals surface area contributed by atoms with Crippen molar-refractivity contribution in [2.75, 3.05) is 0 Å². The average molecular weight is 217 g/mol. The molecule has 0 saturated heterocycles. The molecule has 0 atom stereocenters. The fourth-order valence-corrected chi connectivity index (χ4v) is 2.15. The van der Waals surface area contributed by atoms with E-state index >= 15 is 0 Å². The Morgan fingerprint density at radius 3 is 2.44 bits per heavy atom. The van der Waals surface area contributed by atoms with E-state index in [9.17, 15) is 4.79 Å². The van der Waals surface area contributed by atoms with Gasteiger partial charge in [0.15, 0.2) is 0 Å². The summed E-state index contributed by atoms with van der Waals surface area (Å²) in [4.78, 5) is 14.4. The summed E-state index contributed by atoms with van der Waals surface area (Å²) in [7, 11) is 0. The average Bonchev–Trinajstić information content (AvgIpc) is 2.16. The topological polar surface area (TPSA) is 29.4 Å². The minimum absolute atomic E-state index is 0.428. The van der Waals surface area contributed by atoms with Crippen LogP contribution in [0.1, 0.15) is 50.3 Å². The van der Waals surface area contributed by atoms with Gasteiger partial charge < -0.3 is 0 Å². The van der Waals surface area contributed by atoms with Gasteiger partial charge in [0.25, 0.3) is 0 Å². The van der Waals surface area contributed by atoms with E-state index in [4.69, 9.17) is 0 Å². The third-order valence-corrected chi connectivity index (χ3v) is 2.89. The van der Waals surface area contributed by atoms with Crippen LogP contribution in [0.4, 0.5) is 0 Å². The first-order valence-corrected chi connectivity index (χ1v) is 5.59. The Morgan fingerprint density at radius 2 is 1.94 bits per heavy atom. The standard InChI is InChI=1S/C14H19NO/c1-10(2)13-11(3)7-6-8-12(13)14(4,5)15-9-16/h6-8,10H,1-5H3. The molecule has 0 aliphatic carbocycles. The Kier molecular flexibility index (Phi) is 3.66. The summed E-state index contributed by atoms with van der Waals surface area (Å²) in [6.07, 6.45) is 1.67. The van der Waals surface area contributed by atoms with Crippen molar-refractivity contribution < 1.29 is 4.79 Å². The smallest absolute Gasteiger partial charge is 0.211 e. The van der Waals surface area contributed by atoms with Crippen LogP contribution in [0.5, 0.6) is 0 Å². The number of aliphatic imine (C=N–C) groups is 1. The van der Waals surface area contributed by atoms with Crippen molar-refractivity contribution >= 4 is 6.08 Å². The molecule has 0 aliphatic heterocycles. The van der Waals surface area contributed by atoms with E-state index in [0.29, 0.717) is 5.92 Å². The van der Waals surface area contributed by atoms with Gasteiger partial charge in [-0.2, -0.15) is 4.99 Å². The molecule has 0 aliphatic rings. The largest absolute Gasteiger partial charge is 0.235 e. The normalized spacial score (nSPS) is 11.4. The molecule has 1 aromatic rings. The molecule has 0 heterocycles. The lowest BCUT2D eigenvalue weighted by molar-refractivity contribution is 0.517. The summed E-state index contributed by atoms with van der Waals surface area (Å²) in [6, 6.07) is 6.15. The summed E-state index contributed by atoms with van der Waals surface area (Å²) in [5, 5.41) is 0. The maximum absolute atomic E-state index is 10.5. The van der Waals surface area contributed by atoms with Crippen molar-refractivity contribution in [2.24, 2.45) is 4.99 Å². The second kappa shape index (κ2) is 4.63. The number of rotatable bonds is 3. The van der Waals surface area contributed by atoms with Gasteiger partial charge in [0.1, 0.15) is 0 Å². The lowest BCUT2D eigenvalue weighted by Crippen LogP contribution is -2.17. The molecule has 0 amide bonds. The van der Waals surface area contributed by atoms with Gasteiger partial charge >= 0.3 is 0 Å². The first-order valence-electron chi connectivity index (χ1n) is 5.59. The van der Waals surface area contributed by atoms with Crippen molar-refractivity contribution in [1.29, 1.82) is 0 Å². The van der Waals surface area contributed by atoms with E-state index in [1.807, 2.05) is 26.0 Å². The number of carbonyl (C=O) groups excluding carboxylic acids is 1. The SMILES string of the molecule is Cc1cccc(C(C)(C)N=C=O)c1C(C)C. The summed E-state index contributed by atoms with van der Waals surface area (Å²) >= 11 is 0. The van der Waals surface area contributed by atoms with Crippen molar-refractivity contribution in [1.82, 2.24) is 0 Å². The van der Waals surface area contributed by atoms with Crippen molar-refractivity contribution in [3.63, 3.8) is 0 Å². The van der Waals surface area contributed by atoms with Crippen LogP contribution in [0.25, 0.3) is 0 Å². The number of benzene rings is 1. The highest BCUT2D eigenvalue weighted by Crippen LogP contribution is 2.33. The number of hydrogen-bond donors (Lipinski definition) is 0. The molecule has 0 saturated carbocycles. The third-order valence-electron chi connectivity index (χ3n) is 2.89. The van der Waals surface area contributed by atoms with Crippen LogP contribution < -0.4 is 0 Å². The van der Waals surface area contributed by atoms with Crippen molar-refractivity contribution in [3.8, 4) is 0 Å². The zero-order chi connectivity index (χ0) is 12.3. The maximum Gasteiger partial charge on any atom is 0.235 e. The van der Waals surface area contributed by atoms with Crippen LogP contribution in [0.15, 0.2) is 23.2 Å². The van der Waals surface area contributed by atoms with E-state index in [2.05, 4.69) is 31.8 Å². The summed E-state index contributed by atoms with van der Waals surface area (Å²) in [6.45, 7) is 10.3. The molecule has 2 heteroatoms. The molecule has 0 spiro atoms. The van der Waals surface area contributed by atoms with Crippen LogP contribution in [0.2, 0.25) is 0 Å². The Labute approximate surface area is 97.4 Å². The van der Waals surface area contributed by atoms with Gasteiger partial charge in [-0.15, -0.1) is 0 Å². The molecule has 0 aromatic heterocycles. The quantitative estimate of drug-likeness (QED) is 0.561. The first kappa shape index (κ1) is 12.7. The van der Waals surface area contributed by atoms with E-state index in [0.717, 1.165) is 5.56 Å². The molecule has 0 N–H and O–H groups in total. The number of hydrogen-bond acceptors (Lipinski definition) is 2. The molecular formula is C14H19NO. The van der Waals surface area contributed by atoms with Gasteiger partial charge in [0.05, 0.1) is 5.54 Å². The predicted molar refractivity (Wildman–Crippen MR) is 66.4 cm³/mol. The molecule has 0 unspecified atom stereocenters. The van der Waals surface area contributed by atoms with Gasteiger partial charge in [0, 0.05) is 0 Å². The fraction of sp³-hybridized carbons (Fsp3) is 0.500. The van der Waals surface area contributed by atoms with Crippen LogP contribution >= 0.6 is 0 Å². The van der Waals surface area contributed by atoms with Gasteiger partial charge in [-0.25, -0.2) is 4.79 Å². The summed E-state index contributed by atoms with van der Waals surface area (Å²) in [5.41, 5.74) is 3.16. The van der Waals surface area contributed by atoms with Crippen LogP contribution in [0.3, 0.4) is 0 Å². The summed E-state index contributed by atoms with van der Waals surface area (Å²) in [5.74, 6) is 0.428. The number of aryl methyl sites for hydroxylation is 1. The second-order valence-corrected chi connectivity index (χ2v) is 4.95. The van der Waals surface area contributed by atoms with Crippen LogP contribution in [-0.4, -0.2) is 6.08 Å². The highest BCUT2D eigenvalue weighted by molar-refractivity contribution is 5.44. The summed E-state index contributed by atoms with van der Waals surface area (Å²) < 4.78 is 0. The number of isocyanates is 1. The predicted octanol–water partition coefficient (Wildman–Crippen LogP) is 3.69. The van der Waals surface area contributed by atoms with Crippen LogP contribution in [-0.2, 0) is 10.3 Å². The molecule has 0 radical (unpaired) electrons. The highest BCUT2D eigenvalue weighted by Gasteiger charge is 2.24.